The van der Waals surface area contributed by atoms with E-state index in [-0.39, 0.29) is 5.91 Å². The summed E-state index contributed by atoms with van der Waals surface area (Å²) in [4.78, 5) is 14.3. The minimum Gasteiger partial charge on any atom is -0.497 e. The largest absolute Gasteiger partial charge is 0.497 e. The summed E-state index contributed by atoms with van der Waals surface area (Å²) < 4.78 is 10.7. The van der Waals surface area contributed by atoms with Gasteiger partial charge in [0.05, 0.1) is 19.8 Å². The van der Waals surface area contributed by atoms with Gasteiger partial charge in [0.1, 0.15) is 11.3 Å². The van der Waals surface area contributed by atoms with Crippen LogP contribution in [0.2, 0.25) is 0 Å². The molecule has 0 radical (unpaired) electrons. The van der Waals surface area contributed by atoms with Crippen molar-refractivity contribution >= 4 is 16.9 Å². The number of methoxy groups -OCH3 is 1. The number of carbonyl (C=O) groups excluding carboxylic acids is 1. The van der Waals surface area contributed by atoms with E-state index in [1.54, 1.807) is 13.4 Å². The Bertz CT molecular complexity index is 627. The van der Waals surface area contributed by atoms with Crippen molar-refractivity contribution in [1.82, 2.24) is 10.2 Å². The van der Waals surface area contributed by atoms with Crippen molar-refractivity contribution in [2.45, 2.75) is 12.8 Å². The van der Waals surface area contributed by atoms with Crippen LogP contribution in [-0.2, 0) is 11.2 Å². The first-order chi connectivity index (χ1) is 10.3. The lowest BCUT2D eigenvalue weighted by molar-refractivity contribution is -0.130. The third kappa shape index (κ3) is 3.03. The molecular weight excluding hydrogens is 268 g/mol. The lowest BCUT2D eigenvalue weighted by Gasteiger charge is -2.19. The first-order valence-corrected chi connectivity index (χ1v) is 7.30. The fourth-order valence-corrected chi connectivity index (χ4v) is 2.70. The number of carbonyl (C=O) groups is 1. The van der Waals surface area contributed by atoms with Gasteiger partial charge in [0, 0.05) is 36.7 Å². The molecule has 1 aromatic heterocycles. The molecule has 1 amide bonds. The summed E-state index contributed by atoms with van der Waals surface area (Å²) >= 11 is 0. The standard InChI is InChI=1S/C16H20N2O3/c1-20-13-3-4-14-12(11-21-15(14)10-13)9-16(19)18-7-2-5-17-6-8-18/h3-4,10-11,17H,2,5-9H2,1H3. The number of ether oxygens (including phenoxy) is 1. The second-order valence-corrected chi connectivity index (χ2v) is 5.28. The predicted molar refractivity (Wildman–Crippen MR) is 80.5 cm³/mol. The van der Waals surface area contributed by atoms with E-state index in [2.05, 4.69) is 5.32 Å². The van der Waals surface area contributed by atoms with Crippen molar-refractivity contribution in [1.29, 1.82) is 0 Å². The average Bonchev–Trinajstić information content (AvgIpc) is 2.73. The van der Waals surface area contributed by atoms with Gasteiger partial charge in [-0.15, -0.1) is 0 Å². The molecular formula is C16H20N2O3. The normalized spacial score (nSPS) is 16.0. The highest BCUT2D eigenvalue weighted by atomic mass is 16.5. The van der Waals surface area contributed by atoms with Gasteiger partial charge in [-0.1, -0.05) is 0 Å². The number of nitrogens with zero attached hydrogens (tertiary/aromatic N) is 1. The molecule has 3 rings (SSSR count). The number of benzene rings is 1. The molecule has 112 valence electrons. The van der Waals surface area contributed by atoms with E-state index in [0.717, 1.165) is 54.9 Å². The molecule has 21 heavy (non-hydrogen) atoms. The minimum absolute atomic E-state index is 0.164. The first-order valence-electron chi connectivity index (χ1n) is 7.30. The molecule has 0 saturated carbocycles. The molecule has 0 atom stereocenters. The zero-order valence-electron chi connectivity index (χ0n) is 12.2. The Labute approximate surface area is 123 Å². The van der Waals surface area contributed by atoms with Gasteiger partial charge < -0.3 is 19.4 Å². The van der Waals surface area contributed by atoms with Crippen LogP contribution >= 0.6 is 0 Å². The third-order valence-corrected chi connectivity index (χ3v) is 3.90. The van der Waals surface area contributed by atoms with E-state index >= 15 is 0 Å². The molecule has 1 saturated heterocycles. The number of nitrogens with one attached hydrogen (secondary N) is 1. The monoisotopic (exact) mass is 288 g/mol. The van der Waals surface area contributed by atoms with Crippen LogP contribution in [0.5, 0.6) is 5.75 Å². The van der Waals surface area contributed by atoms with Crippen LogP contribution in [0.1, 0.15) is 12.0 Å². The molecule has 0 spiro atoms. The molecule has 1 aliphatic heterocycles. The Morgan fingerprint density at radius 3 is 3.14 bits per heavy atom. The Kier molecular flexibility index (Phi) is 4.10. The Balaban J connectivity index is 1.76. The first kappa shape index (κ1) is 13.9. The predicted octanol–water partition coefficient (Wildman–Crippen LogP) is 1.81. The fraction of sp³-hybridized carbons (Fsp3) is 0.438. The molecule has 1 aromatic carbocycles. The van der Waals surface area contributed by atoms with Crippen molar-refractivity contribution in [2.24, 2.45) is 0 Å². The van der Waals surface area contributed by atoms with E-state index in [1.807, 2.05) is 23.1 Å². The van der Waals surface area contributed by atoms with Crippen molar-refractivity contribution < 1.29 is 13.9 Å². The van der Waals surface area contributed by atoms with Gasteiger partial charge in [0.25, 0.3) is 0 Å². The second kappa shape index (κ2) is 6.18. The number of amides is 1. The summed E-state index contributed by atoms with van der Waals surface area (Å²) in [6.07, 6.45) is 3.08. The number of furan rings is 1. The summed E-state index contributed by atoms with van der Waals surface area (Å²) in [5.41, 5.74) is 1.70. The number of hydrogen-bond acceptors (Lipinski definition) is 4. The smallest absolute Gasteiger partial charge is 0.227 e. The van der Waals surface area contributed by atoms with Gasteiger partial charge in [-0.25, -0.2) is 0 Å². The molecule has 0 aliphatic carbocycles. The Morgan fingerprint density at radius 2 is 2.29 bits per heavy atom. The zero-order chi connectivity index (χ0) is 14.7. The van der Waals surface area contributed by atoms with Gasteiger partial charge in [-0.2, -0.15) is 0 Å². The molecule has 0 unspecified atom stereocenters. The number of hydrogen-bond donors (Lipinski definition) is 1. The van der Waals surface area contributed by atoms with Crippen molar-refractivity contribution in [3.8, 4) is 5.75 Å². The van der Waals surface area contributed by atoms with E-state index < -0.39 is 0 Å². The maximum absolute atomic E-state index is 12.4. The summed E-state index contributed by atoms with van der Waals surface area (Å²) in [5.74, 6) is 0.922. The fourth-order valence-electron chi connectivity index (χ4n) is 2.70. The quantitative estimate of drug-likeness (QED) is 0.936. The lowest BCUT2D eigenvalue weighted by Crippen LogP contribution is -2.35. The van der Waals surface area contributed by atoms with Gasteiger partial charge in [-0.3, -0.25) is 4.79 Å². The SMILES string of the molecule is COc1ccc2c(CC(=O)N3CCCNCC3)coc2c1. The van der Waals surface area contributed by atoms with Crippen LogP contribution in [0.15, 0.2) is 28.9 Å². The topological polar surface area (TPSA) is 54.7 Å². The van der Waals surface area contributed by atoms with Crippen LogP contribution in [-0.4, -0.2) is 44.1 Å². The lowest BCUT2D eigenvalue weighted by atomic mass is 10.1. The molecule has 2 aromatic rings. The number of rotatable bonds is 3. The summed E-state index contributed by atoms with van der Waals surface area (Å²) in [6.45, 7) is 3.46. The highest BCUT2D eigenvalue weighted by Crippen LogP contribution is 2.26. The van der Waals surface area contributed by atoms with Gasteiger partial charge in [0.15, 0.2) is 0 Å². The van der Waals surface area contributed by atoms with E-state index in [4.69, 9.17) is 9.15 Å². The van der Waals surface area contributed by atoms with Crippen LogP contribution in [0, 0.1) is 0 Å². The average molecular weight is 288 g/mol. The molecule has 1 aliphatic rings. The number of fused-ring (bicyclic) bond motifs is 1. The van der Waals surface area contributed by atoms with E-state index in [1.165, 1.54) is 0 Å². The van der Waals surface area contributed by atoms with Gasteiger partial charge >= 0.3 is 0 Å². The highest BCUT2D eigenvalue weighted by Gasteiger charge is 2.18. The molecule has 1 fully saturated rings. The van der Waals surface area contributed by atoms with Crippen LogP contribution in [0.4, 0.5) is 0 Å². The summed E-state index contributed by atoms with van der Waals surface area (Å²) in [5, 5.41) is 4.29. The van der Waals surface area contributed by atoms with Crippen molar-refractivity contribution in [2.75, 3.05) is 33.3 Å². The third-order valence-electron chi connectivity index (χ3n) is 3.90. The van der Waals surface area contributed by atoms with Crippen molar-refractivity contribution in [3.63, 3.8) is 0 Å². The van der Waals surface area contributed by atoms with Crippen LogP contribution < -0.4 is 10.1 Å². The van der Waals surface area contributed by atoms with E-state index in [9.17, 15) is 4.79 Å². The Hall–Kier alpha value is -2.01. The molecule has 5 heteroatoms. The Morgan fingerprint density at radius 1 is 1.38 bits per heavy atom. The summed E-state index contributed by atoms with van der Waals surface area (Å²) in [6, 6.07) is 5.69. The zero-order valence-corrected chi connectivity index (χ0v) is 12.2. The maximum Gasteiger partial charge on any atom is 0.227 e. The molecule has 0 bridgehead atoms. The summed E-state index contributed by atoms with van der Waals surface area (Å²) in [7, 11) is 1.63. The van der Waals surface area contributed by atoms with Gasteiger partial charge in [-0.05, 0) is 25.1 Å². The minimum atomic E-state index is 0.164. The molecule has 5 nitrogen and oxygen atoms in total. The molecule has 2 heterocycles. The second-order valence-electron chi connectivity index (χ2n) is 5.28. The molecule has 1 N–H and O–H groups in total. The van der Waals surface area contributed by atoms with Gasteiger partial charge in [0.2, 0.25) is 5.91 Å². The van der Waals surface area contributed by atoms with Crippen LogP contribution in [0.3, 0.4) is 0 Å². The van der Waals surface area contributed by atoms with Crippen LogP contribution in [0.25, 0.3) is 11.0 Å². The van der Waals surface area contributed by atoms with Crippen molar-refractivity contribution in [3.05, 3.63) is 30.0 Å². The maximum atomic E-state index is 12.4. The van der Waals surface area contributed by atoms with E-state index in [0.29, 0.717) is 6.42 Å². The highest BCUT2D eigenvalue weighted by molar-refractivity contribution is 5.88.